The summed E-state index contributed by atoms with van der Waals surface area (Å²) >= 11 is 0. The van der Waals surface area contributed by atoms with Crippen LogP contribution in [0, 0.1) is 18.3 Å². The summed E-state index contributed by atoms with van der Waals surface area (Å²) in [6, 6.07) is 12.9. The average molecular weight is 274 g/mol. The molecule has 1 fully saturated rings. The number of aryl methyl sites for hydroxylation is 1. The second-order valence-corrected chi connectivity index (χ2v) is 5.60. The quantitative estimate of drug-likeness (QED) is 0.717. The number of benzene rings is 1. The Morgan fingerprint density at radius 1 is 1.24 bits per heavy atom. The summed E-state index contributed by atoms with van der Waals surface area (Å²) < 4.78 is 2.35. The zero-order chi connectivity index (χ0) is 14.4. The normalized spacial score (nSPS) is 14.3. The molecular weight excluding hydrogens is 260 g/mol. The van der Waals surface area contributed by atoms with Gasteiger partial charge < -0.3 is 4.57 Å². The Kier molecular flexibility index (Phi) is 2.55. The summed E-state index contributed by atoms with van der Waals surface area (Å²) in [4.78, 5) is 0. The van der Waals surface area contributed by atoms with Crippen LogP contribution in [-0.2, 0) is 0 Å². The van der Waals surface area contributed by atoms with Gasteiger partial charge in [0.15, 0.2) is 0 Å². The van der Waals surface area contributed by atoms with Gasteiger partial charge in [-0.25, -0.2) is 0 Å². The molecular formula is C17H14N4. The Hall–Kier alpha value is -2.67. The summed E-state index contributed by atoms with van der Waals surface area (Å²) in [6.07, 6.45) is 4.21. The first-order valence-corrected chi connectivity index (χ1v) is 7.11. The van der Waals surface area contributed by atoms with Crippen LogP contribution in [0.2, 0.25) is 0 Å². The van der Waals surface area contributed by atoms with Crippen molar-refractivity contribution in [1.82, 2.24) is 14.8 Å². The standard InChI is InChI=1S/C17H14N4/c1-11-6-14(10-19-20-11)17-8-13-3-2-12(9-18)7-16(13)21(17)15-4-5-15/h2-3,6-8,10,15H,4-5H2,1H3. The minimum absolute atomic E-state index is 0.542. The number of rotatable bonds is 2. The summed E-state index contributed by atoms with van der Waals surface area (Å²) in [7, 11) is 0. The molecule has 0 saturated heterocycles. The molecule has 1 aliphatic carbocycles. The predicted molar refractivity (Wildman–Crippen MR) is 80.7 cm³/mol. The van der Waals surface area contributed by atoms with E-state index >= 15 is 0 Å². The van der Waals surface area contributed by atoms with Crippen molar-refractivity contribution in [2.75, 3.05) is 0 Å². The van der Waals surface area contributed by atoms with E-state index in [2.05, 4.69) is 33.0 Å². The van der Waals surface area contributed by atoms with Crippen molar-refractivity contribution in [1.29, 1.82) is 5.26 Å². The van der Waals surface area contributed by atoms with Crippen molar-refractivity contribution in [3.8, 4) is 17.3 Å². The van der Waals surface area contributed by atoms with Gasteiger partial charge in [-0.3, -0.25) is 0 Å². The number of hydrogen-bond donors (Lipinski definition) is 0. The maximum Gasteiger partial charge on any atom is 0.0992 e. The van der Waals surface area contributed by atoms with Crippen LogP contribution in [0.15, 0.2) is 36.5 Å². The molecule has 4 rings (SSSR count). The van der Waals surface area contributed by atoms with E-state index in [0.717, 1.165) is 16.8 Å². The summed E-state index contributed by atoms with van der Waals surface area (Å²) in [6.45, 7) is 1.95. The van der Waals surface area contributed by atoms with E-state index in [4.69, 9.17) is 5.26 Å². The van der Waals surface area contributed by atoms with Gasteiger partial charge in [-0.2, -0.15) is 15.5 Å². The fraction of sp³-hybridized carbons (Fsp3) is 0.235. The van der Waals surface area contributed by atoms with Crippen LogP contribution < -0.4 is 0 Å². The molecule has 0 spiro atoms. The lowest BCUT2D eigenvalue weighted by atomic mass is 10.1. The van der Waals surface area contributed by atoms with E-state index in [-0.39, 0.29) is 0 Å². The Morgan fingerprint density at radius 2 is 2.10 bits per heavy atom. The molecule has 3 aromatic rings. The molecule has 102 valence electrons. The lowest BCUT2D eigenvalue weighted by Gasteiger charge is -2.09. The molecule has 2 aromatic heterocycles. The first-order chi connectivity index (χ1) is 10.3. The topological polar surface area (TPSA) is 54.5 Å². The highest BCUT2D eigenvalue weighted by Crippen LogP contribution is 2.42. The average Bonchev–Trinajstić information content (AvgIpc) is 3.26. The highest BCUT2D eigenvalue weighted by Gasteiger charge is 2.28. The fourth-order valence-electron chi connectivity index (χ4n) is 2.85. The van der Waals surface area contributed by atoms with Crippen LogP contribution in [-0.4, -0.2) is 14.8 Å². The summed E-state index contributed by atoms with van der Waals surface area (Å²) in [5.41, 5.74) is 5.02. The number of nitrogens with zero attached hydrogens (tertiary/aromatic N) is 4. The summed E-state index contributed by atoms with van der Waals surface area (Å²) in [5, 5.41) is 18.4. The van der Waals surface area contributed by atoms with Crippen molar-refractivity contribution in [3.05, 3.63) is 47.8 Å². The highest BCUT2D eigenvalue weighted by atomic mass is 15.1. The first kappa shape index (κ1) is 12.1. The van der Waals surface area contributed by atoms with E-state index in [1.54, 1.807) is 0 Å². The van der Waals surface area contributed by atoms with E-state index in [0.29, 0.717) is 11.6 Å². The van der Waals surface area contributed by atoms with E-state index in [9.17, 15) is 0 Å². The van der Waals surface area contributed by atoms with Crippen LogP contribution >= 0.6 is 0 Å². The smallest absolute Gasteiger partial charge is 0.0992 e. The molecule has 0 aliphatic heterocycles. The number of aromatic nitrogens is 3. The van der Waals surface area contributed by atoms with Gasteiger partial charge in [0.05, 0.1) is 34.7 Å². The molecule has 0 atom stereocenters. The SMILES string of the molecule is Cc1cc(-c2cc3ccc(C#N)cc3n2C2CC2)cnn1. The molecule has 21 heavy (non-hydrogen) atoms. The Labute approximate surface area is 122 Å². The second-order valence-electron chi connectivity index (χ2n) is 5.60. The zero-order valence-electron chi connectivity index (χ0n) is 11.7. The molecule has 4 heteroatoms. The molecule has 0 bridgehead atoms. The molecule has 4 nitrogen and oxygen atoms in total. The van der Waals surface area contributed by atoms with Crippen LogP contribution in [0.1, 0.15) is 30.1 Å². The lowest BCUT2D eigenvalue weighted by Crippen LogP contribution is -1.98. The van der Waals surface area contributed by atoms with Crippen molar-refractivity contribution in [2.45, 2.75) is 25.8 Å². The van der Waals surface area contributed by atoms with Gasteiger partial charge in [0.25, 0.3) is 0 Å². The number of nitriles is 1. The zero-order valence-corrected chi connectivity index (χ0v) is 11.7. The number of fused-ring (bicyclic) bond motifs is 1. The Balaban J connectivity index is 2.00. The fourth-order valence-corrected chi connectivity index (χ4v) is 2.85. The largest absolute Gasteiger partial charge is 0.337 e. The molecule has 0 N–H and O–H groups in total. The van der Waals surface area contributed by atoms with Gasteiger partial charge in [-0.05, 0) is 44.0 Å². The van der Waals surface area contributed by atoms with E-state index in [1.807, 2.05) is 31.3 Å². The van der Waals surface area contributed by atoms with Gasteiger partial charge >= 0.3 is 0 Å². The molecule has 1 aromatic carbocycles. The summed E-state index contributed by atoms with van der Waals surface area (Å²) in [5.74, 6) is 0. The van der Waals surface area contributed by atoms with Crippen LogP contribution in [0.4, 0.5) is 0 Å². The van der Waals surface area contributed by atoms with Crippen molar-refractivity contribution in [2.24, 2.45) is 0 Å². The first-order valence-electron chi connectivity index (χ1n) is 7.11. The molecule has 1 aliphatic rings. The monoisotopic (exact) mass is 274 g/mol. The maximum atomic E-state index is 9.12. The highest BCUT2D eigenvalue weighted by molar-refractivity contribution is 5.88. The third kappa shape index (κ3) is 1.98. The predicted octanol–water partition coefficient (Wildman–Crippen LogP) is 3.61. The van der Waals surface area contributed by atoms with Gasteiger partial charge in [0.2, 0.25) is 0 Å². The minimum atomic E-state index is 0.542. The van der Waals surface area contributed by atoms with E-state index in [1.165, 1.54) is 23.9 Å². The van der Waals surface area contributed by atoms with Gasteiger partial charge in [-0.1, -0.05) is 6.07 Å². The molecule has 0 radical (unpaired) electrons. The van der Waals surface area contributed by atoms with Gasteiger partial charge in [-0.15, -0.1) is 0 Å². The Bertz CT molecular complexity index is 881. The number of hydrogen-bond acceptors (Lipinski definition) is 3. The lowest BCUT2D eigenvalue weighted by molar-refractivity contribution is 0.782. The molecule has 0 amide bonds. The van der Waals surface area contributed by atoms with Crippen LogP contribution in [0.25, 0.3) is 22.2 Å². The van der Waals surface area contributed by atoms with E-state index < -0.39 is 0 Å². The minimum Gasteiger partial charge on any atom is -0.337 e. The van der Waals surface area contributed by atoms with Gasteiger partial charge in [0.1, 0.15) is 0 Å². The van der Waals surface area contributed by atoms with Crippen LogP contribution in [0.3, 0.4) is 0 Å². The third-order valence-electron chi connectivity index (χ3n) is 3.96. The molecule has 0 unspecified atom stereocenters. The van der Waals surface area contributed by atoms with Crippen molar-refractivity contribution >= 4 is 10.9 Å². The van der Waals surface area contributed by atoms with Crippen molar-refractivity contribution < 1.29 is 0 Å². The maximum absolute atomic E-state index is 9.12. The van der Waals surface area contributed by atoms with Crippen LogP contribution in [0.5, 0.6) is 0 Å². The molecule has 1 saturated carbocycles. The van der Waals surface area contributed by atoms with Gasteiger partial charge in [0, 0.05) is 17.0 Å². The molecule has 2 heterocycles. The second kappa shape index (κ2) is 4.42. The van der Waals surface area contributed by atoms with Crippen molar-refractivity contribution in [3.63, 3.8) is 0 Å². The third-order valence-corrected chi connectivity index (χ3v) is 3.96. The Morgan fingerprint density at radius 3 is 2.81 bits per heavy atom.